The molecule has 0 spiro atoms. The minimum atomic E-state index is -0.241. The Labute approximate surface area is 113 Å². The first-order valence-corrected chi connectivity index (χ1v) is 7.19. The van der Waals surface area contributed by atoms with Crippen molar-refractivity contribution in [1.82, 2.24) is 10.2 Å². The highest BCUT2D eigenvalue weighted by molar-refractivity contribution is 6.07. The number of imide groups is 1. The number of fused-ring (bicyclic) bond motifs is 1. The van der Waals surface area contributed by atoms with Crippen molar-refractivity contribution in [3.8, 4) is 0 Å². The van der Waals surface area contributed by atoms with Crippen LogP contribution in [0.25, 0.3) is 0 Å². The van der Waals surface area contributed by atoms with E-state index in [9.17, 15) is 14.4 Å². The summed E-state index contributed by atoms with van der Waals surface area (Å²) in [4.78, 5) is 37.3. The molecule has 2 aliphatic rings. The summed E-state index contributed by atoms with van der Waals surface area (Å²) in [7, 11) is 0. The molecule has 0 bridgehead atoms. The summed E-state index contributed by atoms with van der Waals surface area (Å²) in [6.07, 6.45) is 4.43. The summed E-state index contributed by atoms with van der Waals surface area (Å²) in [5, 5.41) is 2.79. The van der Waals surface area contributed by atoms with E-state index in [-0.39, 0.29) is 42.1 Å². The van der Waals surface area contributed by atoms with Gasteiger partial charge in [-0.25, -0.2) is 0 Å². The van der Waals surface area contributed by atoms with Crippen molar-refractivity contribution in [3.05, 3.63) is 0 Å². The fourth-order valence-electron chi connectivity index (χ4n) is 2.95. The second kappa shape index (κ2) is 5.72. The van der Waals surface area contributed by atoms with Gasteiger partial charge in [0.25, 0.3) is 0 Å². The fraction of sp³-hybridized carbons (Fsp3) is 0.786. The number of hydrogen-bond acceptors (Lipinski definition) is 3. The maximum absolute atomic E-state index is 12.2. The summed E-state index contributed by atoms with van der Waals surface area (Å²) < 4.78 is 0. The monoisotopic (exact) mass is 266 g/mol. The lowest BCUT2D eigenvalue weighted by Gasteiger charge is -2.19. The summed E-state index contributed by atoms with van der Waals surface area (Å²) in [6, 6.07) is 0.0718. The van der Waals surface area contributed by atoms with E-state index in [4.69, 9.17) is 0 Å². The first kappa shape index (κ1) is 14.0. The number of nitrogens with zero attached hydrogens (tertiary/aromatic N) is 1. The Morgan fingerprint density at radius 2 is 1.79 bits per heavy atom. The highest BCUT2D eigenvalue weighted by atomic mass is 16.2. The van der Waals surface area contributed by atoms with Crippen molar-refractivity contribution < 1.29 is 14.4 Å². The van der Waals surface area contributed by atoms with Crippen LogP contribution < -0.4 is 5.32 Å². The molecule has 0 unspecified atom stereocenters. The zero-order valence-corrected chi connectivity index (χ0v) is 11.6. The Balaban J connectivity index is 1.98. The van der Waals surface area contributed by atoms with Gasteiger partial charge >= 0.3 is 0 Å². The molecule has 1 heterocycles. The fourth-order valence-corrected chi connectivity index (χ4v) is 2.95. The van der Waals surface area contributed by atoms with Crippen LogP contribution in [0, 0.1) is 11.8 Å². The normalized spacial score (nSPS) is 28.2. The van der Waals surface area contributed by atoms with Crippen molar-refractivity contribution in [2.45, 2.75) is 52.0 Å². The zero-order valence-electron chi connectivity index (χ0n) is 11.6. The van der Waals surface area contributed by atoms with Crippen LogP contribution in [-0.4, -0.2) is 35.2 Å². The lowest BCUT2D eigenvalue weighted by molar-refractivity contribution is -0.143. The Morgan fingerprint density at radius 1 is 1.26 bits per heavy atom. The molecule has 1 saturated carbocycles. The molecule has 2 fully saturated rings. The van der Waals surface area contributed by atoms with Gasteiger partial charge in [0.05, 0.1) is 11.8 Å². The predicted molar refractivity (Wildman–Crippen MR) is 70.1 cm³/mol. The molecule has 1 aliphatic carbocycles. The van der Waals surface area contributed by atoms with Crippen LogP contribution in [-0.2, 0) is 14.4 Å². The third-order valence-corrected chi connectivity index (χ3v) is 4.25. The third kappa shape index (κ3) is 2.80. The quantitative estimate of drug-likeness (QED) is 0.774. The molecule has 19 heavy (non-hydrogen) atoms. The smallest absolute Gasteiger partial charge is 0.240 e. The molecule has 3 atom stereocenters. The number of nitrogens with one attached hydrogen (secondary N) is 1. The van der Waals surface area contributed by atoms with Gasteiger partial charge in [-0.3, -0.25) is 19.3 Å². The summed E-state index contributed by atoms with van der Waals surface area (Å²) in [6.45, 7) is 3.77. The van der Waals surface area contributed by atoms with Gasteiger partial charge in [-0.05, 0) is 26.2 Å². The largest absolute Gasteiger partial charge is 0.352 e. The number of rotatable bonds is 4. The van der Waals surface area contributed by atoms with Gasteiger partial charge in [0.15, 0.2) is 0 Å². The number of hydrogen-bond donors (Lipinski definition) is 1. The lowest BCUT2D eigenvalue weighted by Crippen LogP contribution is -2.43. The molecule has 2 rings (SSSR count). The molecule has 1 aliphatic heterocycles. The SMILES string of the molecule is CC[C@H](C)NC(=O)CN1C(=O)[C@H]2CCCC[C@H]2C1=O. The number of carbonyl (C=O) groups excluding carboxylic acids is 3. The van der Waals surface area contributed by atoms with E-state index in [0.717, 1.165) is 32.1 Å². The Bertz CT molecular complexity index is 370. The van der Waals surface area contributed by atoms with E-state index in [0.29, 0.717) is 0 Å². The van der Waals surface area contributed by atoms with Crippen LogP contribution in [0.1, 0.15) is 46.0 Å². The Morgan fingerprint density at radius 3 is 2.26 bits per heavy atom. The van der Waals surface area contributed by atoms with E-state index < -0.39 is 0 Å². The summed E-state index contributed by atoms with van der Waals surface area (Å²) in [5.74, 6) is -0.868. The molecule has 106 valence electrons. The van der Waals surface area contributed by atoms with E-state index in [1.807, 2.05) is 13.8 Å². The van der Waals surface area contributed by atoms with Gasteiger partial charge in [0.2, 0.25) is 17.7 Å². The Hall–Kier alpha value is -1.39. The molecule has 0 aromatic heterocycles. The van der Waals surface area contributed by atoms with Crippen LogP contribution >= 0.6 is 0 Å². The zero-order chi connectivity index (χ0) is 14.0. The maximum Gasteiger partial charge on any atom is 0.240 e. The van der Waals surface area contributed by atoms with Crippen LogP contribution in [0.2, 0.25) is 0 Å². The number of likely N-dealkylation sites (tertiary alicyclic amines) is 1. The lowest BCUT2D eigenvalue weighted by atomic mass is 9.81. The molecular weight excluding hydrogens is 244 g/mol. The van der Waals surface area contributed by atoms with Crippen molar-refractivity contribution in [1.29, 1.82) is 0 Å². The molecule has 3 amide bonds. The first-order valence-electron chi connectivity index (χ1n) is 7.19. The van der Waals surface area contributed by atoms with Crippen molar-refractivity contribution in [2.24, 2.45) is 11.8 Å². The molecule has 1 saturated heterocycles. The van der Waals surface area contributed by atoms with E-state index in [1.54, 1.807) is 0 Å². The highest BCUT2D eigenvalue weighted by Gasteiger charge is 2.48. The van der Waals surface area contributed by atoms with Gasteiger partial charge in [-0.1, -0.05) is 19.8 Å². The number of amides is 3. The molecule has 1 N–H and O–H groups in total. The van der Waals surface area contributed by atoms with E-state index >= 15 is 0 Å². The summed E-state index contributed by atoms with van der Waals surface area (Å²) in [5.41, 5.74) is 0. The molecule has 0 aromatic carbocycles. The molecule has 0 aromatic rings. The molecule has 5 nitrogen and oxygen atoms in total. The second-order valence-corrected chi connectivity index (χ2v) is 5.64. The predicted octanol–water partition coefficient (Wildman–Crippen LogP) is 1.08. The summed E-state index contributed by atoms with van der Waals surface area (Å²) >= 11 is 0. The average molecular weight is 266 g/mol. The second-order valence-electron chi connectivity index (χ2n) is 5.64. The van der Waals surface area contributed by atoms with Gasteiger partial charge < -0.3 is 5.32 Å². The van der Waals surface area contributed by atoms with E-state index in [2.05, 4.69) is 5.32 Å². The van der Waals surface area contributed by atoms with Crippen LogP contribution in [0.3, 0.4) is 0 Å². The van der Waals surface area contributed by atoms with Crippen LogP contribution in [0.4, 0.5) is 0 Å². The standard InChI is InChI=1S/C14H22N2O3/c1-3-9(2)15-12(17)8-16-13(18)10-6-4-5-7-11(10)14(16)19/h9-11H,3-8H2,1-2H3,(H,15,17)/t9-,10-,11+/m0/s1. The third-order valence-electron chi connectivity index (χ3n) is 4.25. The van der Waals surface area contributed by atoms with E-state index in [1.165, 1.54) is 4.90 Å². The topological polar surface area (TPSA) is 66.5 Å². The van der Waals surface area contributed by atoms with Gasteiger partial charge in [-0.2, -0.15) is 0 Å². The Kier molecular flexibility index (Phi) is 4.22. The minimum absolute atomic E-state index is 0.0718. The minimum Gasteiger partial charge on any atom is -0.352 e. The molecule has 0 radical (unpaired) electrons. The van der Waals surface area contributed by atoms with Crippen LogP contribution in [0.15, 0.2) is 0 Å². The average Bonchev–Trinajstić information content (AvgIpc) is 2.64. The first-order chi connectivity index (χ1) is 9.04. The van der Waals surface area contributed by atoms with Crippen molar-refractivity contribution >= 4 is 17.7 Å². The molecule has 5 heteroatoms. The van der Waals surface area contributed by atoms with Gasteiger partial charge in [-0.15, -0.1) is 0 Å². The van der Waals surface area contributed by atoms with Crippen LogP contribution in [0.5, 0.6) is 0 Å². The van der Waals surface area contributed by atoms with Crippen molar-refractivity contribution in [2.75, 3.05) is 6.54 Å². The molecular formula is C14H22N2O3. The maximum atomic E-state index is 12.2. The number of carbonyl (C=O) groups is 3. The van der Waals surface area contributed by atoms with Gasteiger partial charge in [0.1, 0.15) is 6.54 Å². The van der Waals surface area contributed by atoms with Crippen molar-refractivity contribution in [3.63, 3.8) is 0 Å². The highest BCUT2D eigenvalue weighted by Crippen LogP contribution is 2.37. The van der Waals surface area contributed by atoms with Gasteiger partial charge in [0, 0.05) is 6.04 Å².